The first-order chi connectivity index (χ1) is 16.9. The number of methoxy groups -OCH3 is 1. The summed E-state index contributed by atoms with van der Waals surface area (Å²) in [6.45, 7) is 0.288. The molecule has 1 aliphatic heterocycles. The first kappa shape index (κ1) is 26.4. The lowest BCUT2D eigenvalue weighted by Gasteiger charge is -2.40. The van der Waals surface area contributed by atoms with Gasteiger partial charge in [-0.15, -0.1) is 0 Å². The maximum Gasteiger partial charge on any atom is 0.119 e. The molecule has 192 valence electrons. The van der Waals surface area contributed by atoms with Gasteiger partial charge in [0.1, 0.15) is 42.4 Å². The molecule has 7 atom stereocenters. The van der Waals surface area contributed by atoms with Crippen LogP contribution in [0.1, 0.15) is 48.5 Å². The summed E-state index contributed by atoms with van der Waals surface area (Å²) in [6, 6.07) is 13.3. The molecule has 1 heterocycles. The van der Waals surface area contributed by atoms with Gasteiger partial charge in [0.15, 0.2) is 0 Å². The van der Waals surface area contributed by atoms with Gasteiger partial charge in [-0.1, -0.05) is 35.9 Å². The molecular formula is C27H35ClO7. The van der Waals surface area contributed by atoms with E-state index in [1.54, 1.807) is 19.2 Å². The lowest BCUT2D eigenvalue weighted by Crippen LogP contribution is -2.55. The molecule has 2 fully saturated rings. The normalized spacial score (nSPS) is 31.0. The summed E-state index contributed by atoms with van der Waals surface area (Å²) in [5, 5.41) is 40.7. The third-order valence-electron chi connectivity index (χ3n) is 7.18. The zero-order chi connectivity index (χ0) is 24.9. The molecule has 2 aliphatic rings. The molecule has 0 bridgehead atoms. The summed E-state index contributed by atoms with van der Waals surface area (Å²) in [5.74, 6) is 1.38. The minimum Gasteiger partial charge on any atom is -0.490 e. The third kappa shape index (κ3) is 6.17. The molecule has 2 aromatic carbocycles. The average Bonchev–Trinajstić information content (AvgIpc) is 3.31. The second-order valence-corrected chi connectivity index (χ2v) is 9.96. The Bertz CT molecular complexity index is 951. The minimum atomic E-state index is -1.42. The van der Waals surface area contributed by atoms with E-state index in [-0.39, 0.29) is 6.10 Å². The maximum absolute atomic E-state index is 10.5. The van der Waals surface area contributed by atoms with Crippen LogP contribution in [0.4, 0.5) is 0 Å². The number of hydrogen-bond acceptors (Lipinski definition) is 7. The summed E-state index contributed by atoms with van der Waals surface area (Å²) in [6.07, 6.45) is -0.778. The van der Waals surface area contributed by atoms with Crippen LogP contribution in [0.25, 0.3) is 0 Å². The molecule has 2 aromatic rings. The maximum atomic E-state index is 10.5. The van der Waals surface area contributed by atoms with Crippen molar-refractivity contribution in [3.8, 4) is 5.75 Å². The van der Waals surface area contributed by atoms with Crippen molar-refractivity contribution in [2.75, 3.05) is 20.3 Å². The van der Waals surface area contributed by atoms with Gasteiger partial charge in [-0.25, -0.2) is 0 Å². The van der Waals surface area contributed by atoms with Crippen LogP contribution in [0.5, 0.6) is 5.75 Å². The molecule has 7 nitrogen and oxygen atoms in total. The van der Waals surface area contributed by atoms with Crippen molar-refractivity contribution in [3.05, 3.63) is 64.2 Å². The van der Waals surface area contributed by atoms with Crippen molar-refractivity contribution in [3.63, 3.8) is 0 Å². The second kappa shape index (κ2) is 12.0. The summed E-state index contributed by atoms with van der Waals surface area (Å²) in [7, 11) is 1.73. The molecule has 4 N–H and O–H groups in total. The van der Waals surface area contributed by atoms with Gasteiger partial charge in [0.25, 0.3) is 0 Å². The second-order valence-electron chi connectivity index (χ2n) is 9.55. The smallest absolute Gasteiger partial charge is 0.119 e. The monoisotopic (exact) mass is 506 g/mol. The summed E-state index contributed by atoms with van der Waals surface area (Å²) in [5.41, 5.74) is 2.50. The average molecular weight is 507 g/mol. The van der Waals surface area contributed by atoms with E-state index in [1.807, 2.05) is 30.3 Å². The SMILES string of the molecule is COCCC1CCCC1Oc1ccc(Cc2cc([C@@H]3O[C@H](CO)[C@@H](O)[C@H](O)[C@H]3O)ccc2Cl)cc1. The Hall–Kier alpha value is -1.71. The molecule has 1 saturated heterocycles. The van der Waals surface area contributed by atoms with E-state index < -0.39 is 37.1 Å². The van der Waals surface area contributed by atoms with Gasteiger partial charge in [-0.3, -0.25) is 0 Å². The Morgan fingerprint density at radius 3 is 2.49 bits per heavy atom. The zero-order valence-electron chi connectivity index (χ0n) is 19.9. The fraction of sp³-hybridized carbons (Fsp3) is 0.556. The number of benzene rings is 2. The van der Waals surface area contributed by atoms with Crippen LogP contribution in [-0.2, 0) is 15.9 Å². The highest BCUT2D eigenvalue weighted by Gasteiger charge is 2.44. The van der Waals surface area contributed by atoms with Crippen molar-refractivity contribution in [1.29, 1.82) is 0 Å². The van der Waals surface area contributed by atoms with Crippen molar-refractivity contribution in [2.24, 2.45) is 5.92 Å². The molecule has 2 unspecified atom stereocenters. The number of hydrogen-bond donors (Lipinski definition) is 4. The lowest BCUT2D eigenvalue weighted by molar-refractivity contribution is -0.231. The van der Waals surface area contributed by atoms with Gasteiger partial charge < -0.3 is 34.6 Å². The van der Waals surface area contributed by atoms with Crippen LogP contribution in [0.3, 0.4) is 0 Å². The molecule has 8 heteroatoms. The van der Waals surface area contributed by atoms with Crippen molar-refractivity contribution >= 4 is 11.6 Å². The molecule has 1 saturated carbocycles. The fourth-order valence-corrected chi connectivity index (χ4v) is 5.31. The van der Waals surface area contributed by atoms with Crippen molar-refractivity contribution in [1.82, 2.24) is 0 Å². The lowest BCUT2D eigenvalue weighted by atomic mass is 9.90. The number of aliphatic hydroxyl groups excluding tert-OH is 4. The molecule has 0 aromatic heterocycles. The number of halogens is 1. The number of ether oxygens (including phenoxy) is 3. The predicted octanol–water partition coefficient (Wildman–Crippen LogP) is 3.03. The first-order valence-electron chi connectivity index (χ1n) is 12.2. The van der Waals surface area contributed by atoms with Crippen LogP contribution in [0.2, 0.25) is 5.02 Å². The van der Waals surface area contributed by atoms with Gasteiger partial charge in [0.05, 0.1) is 6.61 Å². The molecule has 1 aliphatic carbocycles. The molecule has 0 amide bonds. The molecule has 0 radical (unpaired) electrons. The van der Waals surface area contributed by atoms with Crippen LogP contribution in [0.15, 0.2) is 42.5 Å². The van der Waals surface area contributed by atoms with Crippen molar-refractivity contribution in [2.45, 2.75) is 68.7 Å². The van der Waals surface area contributed by atoms with E-state index in [2.05, 4.69) is 0 Å². The molecule has 35 heavy (non-hydrogen) atoms. The van der Waals surface area contributed by atoms with Crippen LogP contribution in [0, 0.1) is 5.92 Å². The van der Waals surface area contributed by atoms with E-state index in [4.69, 9.17) is 25.8 Å². The Kier molecular flexibility index (Phi) is 9.05. The Morgan fingerprint density at radius 1 is 1.00 bits per heavy atom. The van der Waals surface area contributed by atoms with Gasteiger partial charge in [0.2, 0.25) is 0 Å². The minimum absolute atomic E-state index is 0.223. The van der Waals surface area contributed by atoms with Crippen molar-refractivity contribution < 1.29 is 34.6 Å². The highest BCUT2D eigenvalue weighted by Crippen LogP contribution is 2.35. The van der Waals surface area contributed by atoms with Gasteiger partial charge >= 0.3 is 0 Å². The fourth-order valence-electron chi connectivity index (χ4n) is 5.12. The third-order valence-corrected chi connectivity index (χ3v) is 7.55. The van der Waals surface area contributed by atoms with Crippen LogP contribution >= 0.6 is 11.6 Å². The first-order valence-corrected chi connectivity index (χ1v) is 12.6. The molecule has 0 spiro atoms. The summed E-state index contributed by atoms with van der Waals surface area (Å²) >= 11 is 6.46. The highest BCUT2D eigenvalue weighted by atomic mass is 35.5. The van der Waals surface area contributed by atoms with Crippen LogP contribution in [-0.4, -0.2) is 71.3 Å². The van der Waals surface area contributed by atoms with Crippen LogP contribution < -0.4 is 4.74 Å². The quantitative estimate of drug-likeness (QED) is 0.414. The van der Waals surface area contributed by atoms with E-state index in [0.717, 1.165) is 36.3 Å². The zero-order valence-corrected chi connectivity index (χ0v) is 20.7. The summed E-state index contributed by atoms with van der Waals surface area (Å²) < 4.78 is 17.2. The Labute approximate surface area is 211 Å². The Morgan fingerprint density at radius 2 is 1.77 bits per heavy atom. The standard InChI is InChI=1S/C27H35ClO7/c1-33-12-11-17-3-2-4-22(17)34-20-8-5-16(6-9-20)13-19-14-18(7-10-21(19)28)27-26(32)25(31)24(30)23(15-29)35-27/h5-10,14,17,22-27,29-32H,2-4,11-13,15H2,1H3/t17?,22?,23-,24-,25+,26-,27+/m1/s1. The van der Waals surface area contributed by atoms with E-state index in [1.165, 1.54) is 12.8 Å². The molecular weight excluding hydrogens is 472 g/mol. The topological polar surface area (TPSA) is 109 Å². The van der Waals surface area contributed by atoms with E-state index in [9.17, 15) is 20.4 Å². The number of aliphatic hydroxyl groups is 4. The highest BCUT2D eigenvalue weighted by molar-refractivity contribution is 6.31. The van der Waals surface area contributed by atoms with Gasteiger partial charge in [-0.05, 0) is 72.9 Å². The Balaban J connectivity index is 1.43. The molecule has 4 rings (SSSR count). The van der Waals surface area contributed by atoms with E-state index in [0.29, 0.717) is 22.9 Å². The predicted molar refractivity (Wildman–Crippen MR) is 132 cm³/mol. The number of rotatable bonds is 9. The van der Waals surface area contributed by atoms with E-state index >= 15 is 0 Å². The van der Waals surface area contributed by atoms with Gasteiger partial charge in [0, 0.05) is 18.7 Å². The van der Waals surface area contributed by atoms with Gasteiger partial charge in [-0.2, -0.15) is 0 Å². The summed E-state index contributed by atoms with van der Waals surface area (Å²) in [4.78, 5) is 0. The largest absolute Gasteiger partial charge is 0.490 e.